The zero-order chi connectivity index (χ0) is 12.0. The molecule has 2 N–H and O–H groups in total. The maximum atomic E-state index is 5.68. The molecule has 5 nitrogen and oxygen atoms in total. The van der Waals surface area contributed by atoms with Crippen LogP contribution in [0, 0.1) is 6.92 Å². The molecule has 0 bridgehead atoms. The zero-order valence-corrected chi connectivity index (χ0v) is 10.3. The number of rotatable bonds is 2. The third-order valence-corrected chi connectivity index (χ3v) is 4.06. The van der Waals surface area contributed by atoms with Crippen molar-refractivity contribution in [2.75, 3.05) is 5.73 Å². The molecule has 0 atom stereocenters. The topological polar surface area (TPSA) is 69.1 Å². The highest BCUT2D eigenvalue weighted by Gasteiger charge is 2.41. The Balaban J connectivity index is 2.25. The van der Waals surface area contributed by atoms with Crippen molar-refractivity contribution in [3.05, 3.63) is 17.7 Å². The number of hydrogen-bond acceptors (Lipinski definition) is 4. The van der Waals surface area contributed by atoms with Gasteiger partial charge in [-0.2, -0.15) is 0 Å². The second-order valence-corrected chi connectivity index (χ2v) is 4.92. The molecule has 2 aromatic heterocycles. The van der Waals surface area contributed by atoms with Crippen LogP contribution in [-0.4, -0.2) is 19.6 Å². The van der Waals surface area contributed by atoms with E-state index in [1.54, 1.807) is 6.20 Å². The van der Waals surface area contributed by atoms with Crippen LogP contribution in [0.5, 0.6) is 0 Å². The molecular weight excluding hydrogens is 214 g/mol. The highest BCUT2D eigenvalue weighted by atomic mass is 15.3. The Morgan fingerprint density at radius 2 is 2.24 bits per heavy atom. The highest BCUT2D eigenvalue weighted by molar-refractivity contribution is 5.51. The number of nitrogens with zero attached hydrogens (tertiary/aromatic N) is 4. The van der Waals surface area contributed by atoms with Gasteiger partial charge < -0.3 is 5.73 Å². The average Bonchev–Trinajstić information content (AvgIpc) is 2.56. The molecule has 0 saturated heterocycles. The normalized spacial score (nSPS) is 18.2. The Bertz CT molecular complexity index is 562. The first-order valence-electron chi connectivity index (χ1n) is 6.14. The van der Waals surface area contributed by atoms with Gasteiger partial charge in [0.1, 0.15) is 11.3 Å². The van der Waals surface area contributed by atoms with Crippen molar-refractivity contribution in [2.24, 2.45) is 0 Å². The van der Waals surface area contributed by atoms with Gasteiger partial charge in [-0.25, -0.2) is 14.5 Å². The number of aromatic nitrogens is 4. The SMILES string of the molecule is CCC1(c2nc(C)c3cnc(N)nn23)CCC1. The molecule has 0 amide bonds. The van der Waals surface area contributed by atoms with Crippen molar-refractivity contribution in [3.63, 3.8) is 0 Å². The predicted molar refractivity (Wildman–Crippen MR) is 65.8 cm³/mol. The Morgan fingerprint density at radius 3 is 2.82 bits per heavy atom. The first-order valence-corrected chi connectivity index (χ1v) is 6.14. The van der Waals surface area contributed by atoms with Crippen LogP contribution in [-0.2, 0) is 5.41 Å². The summed E-state index contributed by atoms with van der Waals surface area (Å²) in [4.78, 5) is 8.74. The number of aryl methyl sites for hydroxylation is 1. The second kappa shape index (κ2) is 3.42. The van der Waals surface area contributed by atoms with Crippen molar-refractivity contribution in [3.8, 4) is 0 Å². The molecule has 1 aliphatic carbocycles. The first-order chi connectivity index (χ1) is 8.16. The molecule has 2 aromatic rings. The Morgan fingerprint density at radius 1 is 1.47 bits per heavy atom. The Labute approximate surface area is 100 Å². The molecule has 0 radical (unpaired) electrons. The van der Waals surface area contributed by atoms with Gasteiger partial charge in [-0.3, -0.25) is 0 Å². The van der Waals surface area contributed by atoms with E-state index in [9.17, 15) is 0 Å². The summed E-state index contributed by atoms with van der Waals surface area (Å²) >= 11 is 0. The number of anilines is 1. The molecule has 2 heterocycles. The van der Waals surface area contributed by atoms with Gasteiger partial charge in [0.25, 0.3) is 0 Å². The van der Waals surface area contributed by atoms with Crippen LogP contribution in [0.25, 0.3) is 5.52 Å². The van der Waals surface area contributed by atoms with E-state index in [0.29, 0.717) is 5.95 Å². The molecule has 90 valence electrons. The van der Waals surface area contributed by atoms with Gasteiger partial charge in [-0.1, -0.05) is 13.3 Å². The summed E-state index contributed by atoms with van der Waals surface area (Å²) in [6.45, 7) is 4.22. The van der Waals surface area contributed by atoms with Gasteiger partial charge in [-0.15, -0.1) is 5.10 Å². The predicted octanol–water partition coefficient (Wildman–Crippen LogP) is 1.85. The molecular formula is C12H17N5. The monoisotopic (exact) mass is 231 g/mol. The van der Waals surface area contributed by atoms with Crippen LogP contribution in [0.4, 0.5) is 5.95 Å². The number of nitrogen functional groups attached to an aromatic ring is 1. The fraction of sp³-hybridized carbons (Fsp3) is 0.583. The van der Waals surface area contributed by atoms with Crippen LogP contribution >= 0.6 is 0 Å². The molecule has 1 saturated carbocycles. The smallest absolute Gasteiger partial charge is 0.238 e. The van der Waals surface area contributed by atoms with Crippen molar-refractivity contribution in [1.29, 1.82) is 0 Å². The lowest BCUT2D eigenvalue weighted by molar-refractivity contribution is 0.217. The second-order valence-electron chi connectivity index (χ2n) is 4.92. The van der Waals surface area contributed by atoms with Crippen LogP contribution in [0.15, 0.2) is 6.20 Å². The molecule has 1 fully saturated rings. The van der Waals surface area contributed by atoms with Crippen LogP contribution in [0.3, 0.4) is 0 Å². The number of hydrogen-bond donors (Lipinski definition) is 1. The maximum Gasteiger partial charge on any atom is 0.238 e. The lowest BCUT2D eigenvalue weighted by atomic mass is 9.66. The minimum atomic E-state index is 0.206. The van der Waals surface area contributed by atoms with Crippen molar-refractivity contribution >= 4 is 11.5 Å². The molecule has 0 spiro atoms. The summed E-state index contributed by atoms with van der Waals surface area (Å²) in [5.41, 5.74) is 7.83. The van der Waals surface area contributed by atoms with E-state index in [0.717, 1.165) is 23.5 Å². The Kier molecular flexibility index (Phi) is 2.11. The fourth-order valence-corrected chi connectivity index (χ4v) is 2.72. The molecule has 0 aliphatic heterocycles. The van der Waals surface area contributed by atoms with Crippen LogP contribution in [0.1, 0.15) is 44.1 Å². The third kappa shape index (κ3) is 1.34. The van der Waals surface area contributed by atoms with Gasteiger partial charge in [0.05, 0.1) is 11.9 Å². The van der Waals surface area contributed by atoms with E-state index in [1.165, 1.54) is 19.3 Å². The summed E-state index contributed by atoms with van der Waals surface area (Å²) in [5.74, 6) is 1.37. The Hall–Kier alpha value is -1.65. The van der Waals surface area contributed by atoms with Gasteiger partial charge in [0.15, 0.2) is 0 Å². The zero-order valence-electron chi connectivity index (χ0n) is 10.3. The van der Waals surface area contributed by atoms with Crippen LogP contribution in [0.2, 0.25) is 0 Å². The summed E-state index contributed by atoms with van der Waals surface area (Å²) in [5, 5.41) is 4.31. The number of imidazole rings is 1. The largest absolute Gasteiger partial charge is 0.367 e. The molecule has 5 heteroatoms. The molecule has 0 unspecified atom stereocenters. The van der Waals surface area contributed by atoms with Crippen LogP contribution < -0.4 is 5.73 Å². The third-order valence-electron chi connectivity index (χ3n) is 4.06. The van der Waals surface area contributed by atoms with Gasteiger partial charge in [-0.05, 0) is 26.2 Å². The lowest BCUT2D eigenvalue weighted by Crippen LogP contribution is -2.36. The molecule has 0 aromatic carbocycles. The van der Waals surface area contributed by atoms with E-state index in [4.69, 9.17) is 10.7 Å². The number of fused-ring (bicyclic) bond motifs is 1. The molecule has 3 rings (SSSR count). The van der Waals surface area contributed by atoms with E-state index in [2.05, 4.69) is 17.0 Å². The first kappa shape index (κ1) is 10.5. The lowest BCUT2D eigenvalue weighted by Gasteiger charge is -2.39. The summed E-state index contributed by atoms with van der Waals surface area (Å²) in [7, 11) is 0. The summed E-state index contributed by atoms with van der Waals surface area (Å²) < 4.78 is 1.89. The minimum absolute atomic E-state index is 0.206. The van der Waals surface area contributed by atoms with Gasteiger partial charge in [0, 0.05) is 5.41 Å². The fourth-order valence-electron chi connectivity index (χ4n) is 2.72. The van der Waals surface area contributed by atoms with Gasteiger partial charge >= 0.3 is 0 Å². The maximum absolute atomic E-state index is 5.68. The quantitative estimate of drug-likeness (QED) is 0.856. The standard InChI is InChI=1S/C12H17N5/c1-3-12(5-4-6-12)10-15-8(2)9-7-14-11(13)16-17(9)10/h7H,3-6H2,1-2H3,(H2,13,16). The van der Waals surface area contributed by atoms with Crippen molar-refractivity contribution < 1.29 is 0 Å². The average molecular weight is 231 g/mol. The van der Waals surface area contributed by atoms with E-state index >= 15 is 0 Å². The highest BCUT2D eigenvalue weighted by Crippen LogP contribution is 2.45. The number of nitrogens with two attached hydrogens (primary N) is 1. The van der Waals surface area contributed by atoms with E-state index in [1.807, 2.05) is 11.4 Å². The van der Waals surface area contributed by atoms with E-state index in [-0.39, 0.29) is 5.41 Å². The summed E-state index contributed by atoms with van der Waals surface area (Å²) in [6.07, 6.45) is 6.55. The molecule has 17 heavy (non-hydrogen) atoms. The summed E-state index contributed by atoms with van der Waals surface area (Å²) in [6, 6.07) is 0. The van der Waals surface area contributed by atoms with Crippen molar-refractivity contribution in [1.82, 2.24) is 19.6 Å². The van der Waals surface area contributed by atoms with E-state index < -0.39 is 0 Å². The van der Waals surface area contributed by atoms with Gasteiger partial charge in [0.2, 0.25) is 5.95 Å². The molecule has 1 aliphatic rings. The van der Waals surface area contributed by atoms with Crippen molar-refractivity contribution in [2.45, 2.75) is 44.9 Å². The minimum Gasteiger partial charge on any atom is -0.367 e.